The molecule has 0 radical (unpaired) electrons. The largest absolute Gasteiger partial charge is 0.462 e. The highest BCUT2D eigenvalue weighted by atomic mass is 19.1. The van der Waals surface area contributed by atoms with Crippen LogP contribution in [0.25, 0.3) is 11.1 Å². The molecule has 3 aromatic rings. The first kappa shape index (κ1) is 21.1. The van der Waals surface area contributed by atoms with Gasteiger partial charge in [0.15, 0.2) is 5.82 Å². The van der Waals surface area contributed by atoms with Crippen molar-refractivity contribution in [3.05, 3.63) is 77.9 Å². The highest BCUT2D eigenvalue weighted by Gasteiger charge is 2.13. The van der Waals surface area contributed by atoms with Gasteiger partial charge >= 0.3 is 5.97 Å². The lowest BCUT2D eigenvalue weighted by Gasteiger charge is -2.11. The lowest BCUT2D eigenvalue weighted by Crippen LogP contribution is -2.07. The van der Waals surface area contributed by atoms with Crippen LogP contribution in [0.3, 0.4) is 0 Å². The number of esters is 1. The summed E-state index contributed by atoms with van der Waals surface area (Å²) in [6.07, 6.45) is 0. The van der Waals surface area contributed by atoms with Crippen molar-refractivity contribution in [1.82, 2.24) is 0 Å². The van der Waals surface area contributed by atoms with E-state index in [1.807, 2.05) is 31.1 Å². The van der Waals surface area contributed by atoms with E-state index < -0.39 is 17.6 Å². The molecule has 154 valence electrons. The summed E-state index contributed by atoms with van der Waals surface area (Å²) in [4.78, 5) is 13.7. The van der Waals surface area contributed by atoms with Gasteiger partial charge in [-0.05, 0) is 61.0 Å². The van der Waals surface area contributed by atoms with E-state index in [1.54, 1.807) is 25.1 Å². The molecule has 0 aromatic heterocycles. The van der Waals surface area contributed by atoms with E-state index in [0.717, 1.165) is 11.8 Å². The van der Waals surface area contributed by atoms with Gasteiger partial charge in [-0.15, -0.1) is 5.11 Å². The van der Waals surface area contributed by atoms with E-state index >= 15 is 0 Å². The van der Waals surface area contributed by atoms with E-state index in [4.69, 9.17) is 4.74 Å². The summed E-state index contributed by atoms with van der Waals surface area (Å²) in [6.45, 7) is 1.87. The average molecular weight is 409 g/mol. The molecule has 5 nitrogen and oxygen atoms in total. The van der Waals surface area contributed by atoms with E-state index in [1.165, 1.54) is 24.3 Å². The standard InChI is InChI=1S/C23H21F2N3O2/c1-4-30-23(29)16-5-11-19(20(24)14-16)15-6-12-22(21(25)13-15)27-26-17-7-9-18(10-8-17)28(2)3/h5-14H,4H2,1-3H3. The third kappa shape index (κ3) is 4.86. The summed E-state index contributed by atoms with van der Waals surface area (Å²) in [6, 6.07) is 15.5. The fourth-order valence-electron chi connectivity index (χ4n) is 2.78. The van der Waals surface area contributed by atoms with Gasteiger partial charge in [-0.1, -0.05) is 12.1 Å². The first-order valence-corrected chi connectivity index (χ1v) is 9.34. The van der Waals surface area contributed by atoms with Crippen molar-refractivity contribution in [3.63, 3.8) is 0 Å². The molecule has 3 rings (SSSR count). The number of nitrogens with zero attached hydrogens (tertiary/aromatic N) is 3. The van der Waals surface area contributed by atoms with Crippen LogP contribution in [0.4, 0.5) is 25.8 Å². The first-order valence-electron chi connectivity index (χ1n) is 9.34. The van der Waals surface area contributed by atoms with Gasteiger partial charge in [-0.3, -0.25) is 0 Å². The molecule has 0 amide bonds. The molecule has 0 N–H and O–H groups in total. The van der Waals surface area contributed by atoms with Gasteiger partial charge in [-0.2, -0.15) is 5.11 Å². The van der Waals surface area contributed by atoms with Crippen molar-refractivity contribution in [2.75, 3.05) is 25.6 Å². The zero-order valence-electron chi connectivity index (χ0n) is 16.9. The van der Waals surface area contributed by atoms with Crippen molar-refractivity contribution in [3.8, 4) is 11.1 Å². The number of ether oxygens (including phenoxy) is 1. The molecule has 30 heavy (non-hydrogen) atoms. The molecule has 0 spiro atoms. The number of anilines is 1. The predicted molar refractivity (Wildman–Crippen MR) is 113 cm³/mol. The molecule has 0 aliphatic rings. The van der Waals surface area contributed by atoms with Gasteiger partial charge in [0.25, 0.3) is 0 Å². The maximum absolute atomic E-state index is 14.5. The van der Waals surface area contributed by atoms with Crippen molar-refractivity contribution in [1.29, 1.82) is 0 Å². The van der Waals surface area contributed by atoms with Crippen LogP contribution < -0.4 is 4.90 Å². The maximum Gasteiger partial charge on any atom is 0.338 e. The molecule has 0 aliphatic carbocycles. The molecule has 0 atom stereocenters. The Balaban J connectivity index is 1.80. The first-order chi connectivity index (χ1) is 14.4. The van der Waals surface area contributed by atoms with Gasteiger partial charge in [0.2, 0.25) is 0 Å². The Hall–Kier alpha value is -3.61. The van der Waals surface area contributed by atoms with E-state index in [2.05, 4.69) is 10.2 Å². The van der Waals surface area contributed by atoms with Crippen molar-refractivity contribution in [2.24, 2.45) is 10.2 Å². The second-order valence-electron chi connectivity index (χ2n) is 6.69. The van der Waals surface area contributed by atoms with Crippen LogP contribution >= 0.6 is 0 Å². The third-order valence-corrected chi connectivity index (χ3v) is 4.38. The Morgan fingerprint density at radius 2 is 1.67 bits per heavy atom. The van der Waals surface area contributed by atoms with Crippen LogP contribution in [0.2, 0.25) is 0 Å². The Kier molecular flexibility index (Phi) is 6.51. The lowest BCUT2D eigenvalue weighted by atomic mass is 10.0. The average Bonchev–Trinajstić information content (AvgIpc) is 2.73. The van der Waals surface area contributed by atoms with Crippen molar-refractivity contribution < 1.29 is 18.3 Å². The van der Waals surface area contributed by atoms with Crippen LogP contribution in [0, 0.1) is 11.6 Å². The number of rotatable bonds is 6. The summed E-state index contributed by atoms with van der Waals surface area (Å²) in [7, 11) is 3.86. The number of hydrogen-bond acceptors (Lipinski definition) is 5. The maximum atomic E-state index is 14.5. The van der Waals surface area contributed by atoms with Crippen LogP contribution in [0.15, 0.2) is 70.9 Å². The number of hydrogen-bond donors (Lipinski definition) is 0. The van der Waals surface area contributed by atoms with Gasteiger partial charge in [0.1, 0.15) is 11.5 Å². The van der Waals surface area contributed by atoms with Crippen molar-refractivity contribution in [2.45, 2.75) is 6.92 Å². The molecule has 0 bridgehead atoms. The molecule has 0 saturated carbocycles. The number of azo groups is 1. The van der Waals surface area contributed by atoms with E-state index in [-0.39, 0.29) is 23.4 Å². The highest BCUT2D eigenvalue weighted by molar-refractivity contribution is 5.90. The topological polar surface area (TPSA) is 54.3 Å². The molecule has 0 fully saturated rings. The van der Waals surface area contributed by atoms with Gasteiger partial charge < -0.3 is 9.64 Å². The lowest BCUT2D eigenvalue weighted by molar-refractivity contribution is 0.0526. The minimum atomic E-state index is -0.643. The zero-order valence-corrected chi connectivity index (χ0v) is 16.9. The molecular weight excluding hydrogens is 388 g/mol. The normalized spacial score (nSPS) is 11.0. The monoisotopic (exact) mass is 409 g/mol. The summed E-state index contributed by atoms with van der Waals surface area (Å²) < 4.78 is 33.8. The fourth-order valence-corrected chi connectivity index (χ4v) is 2.78. The minimum absolute atomic E-state index is 0.0407. The molecule has 0 unspecified atom stereocenters. The Morgan fingerprint density at radius 3 is 2.27 bits per heavy atom. The highest BCUT2D eigenvalue weighted by Crippen LogP contribution is 2.29. The molecular formula is C23H21F2N3O2. The van der Waals surface area contributed by atoms with Crippen LogP contribution in [-0.2, 0) is 4.74 Å². The van der Waals surface area contributed by atoms with Gasteiger partial charge in [0, 0.05) is 25.3 Å². The number of benzene rings is 3. The summed E-state index contributed by atoms with van der Waals surface area (Å²) in [5, 5.41) is 7.99. The molecule has 7 heteroatoms. The van der Waals surface area contributed by atoms with Gasteiger partial charge in [0.05, 0.1) is 17.9 Å². The number of halogens is 2. The molecule has 0 heterocycles. The SMILES string of the molecule is CCOC(=O)c1ccc(-c2ccc(N=Nc3ccc(N(C)C)cc3)c(F)c2)c(F)c1. The second kappa shape index (κ2) is 9.26. The van der Waals surface area contributed by atoms with E-state index in [9.17, 15) is 13.6 Å². The summed E-state index contributed by atoms with van der Waals surface area (Å²) >= 11 is 0. The Bertz CT molecular complexity index is 1080. The van der Waals surface area contributed by atoms with Crippen LogP contribution in [0.5, 0.6) is 0 Å². The number of carbonyl (C=O) groups is 1. The quantitative estimate of drug-likeness (QED) is 0.355. The molecule has 3 aromatic carbocycles. The van der Waals surface area contributed by atoms with E-state index in [0.29, 0.717) is 11.3 Å². The minimum Gasteiger partial charge on any atom is -0.462 e. The van der Waals surface area contributed by atoms with Crippen molar-refractivity contribution >= 4 is 23.0 Å². The molecule has 0 saturated heterocycles. The van der Waals surface area contributed by atoms with Gasteiger partial charge in [-0.25, -0.2) is 13.6 Å². The predicted octanol–water partition coefficient (Wildman–Crippen LogP) is 6.29. The third-order valence-electron chi connectivity index (χ3n) is 4.38. The Morgan fingerprint density at radius 1 is 0.933 bits per heavy atom. The van der Waals surface area contributed by atoms with Crippen LogP contribution in [-0.4, -0.2) is 26.7 Å². The summed E-state index contributed by atoms with van der Waals surface area (Å²) in [5.74, 6) is -1.88. The van der Waals surface area contributed by atoms with Crippen LogP contribution in [0.1, 0.15) is 17.3 Å². The smallest absolute Gasteiger partial charge is 0.338 e. The summed E-state index contributed by atoms with van der Waals surface area (Å²) in [5.41, 5.74) is 2.24. The molecule has 0 aliphatic heterocycles. The Labute approximate surface area is 173 Å². The fraction of sp³-hybridized carbons (Fsp3) is 0.174. The number of carbonyl (C=O) groups excluding carboxylic acids is 1. The zero-order chi connectivity index (χ0) is 21.7. The second-order valence-corrected chi connectivity index (χ2v) is 6.69.